The molecule has 0 radical (unpaired) electrons. The average molecular weight is 371 g/mol. The summed E-state index contributed by atoms with van der Waals surface area (Å²) in [5.74, 6) is -0.727. The van der Waals surface area contributed by atoms with Crippen molar-refractivity contribution in [2.24, 2.45) is 0 Å². The molecule has 1 aliphatic heterocycles. The molecule has 0 spiro atoms. The zero-order valence-electron chi connectivity index (χ0n) is 14.5. The summed E-state index contributed by atoms with van der Waals surface area (Å²) < 4.78 is 0. The molecule has 1 aromatic carbocycles. The first kappa shape index (κ1) is 18.1. The van der Waals surface area contributed by atoms with Crippen molar-refractivity contribution in [3.63, 3.8) is 0 Å². The van der Waals surface area contributed by atoms with Crippen LogP contribution in [0.4, 0.5) is 4.79 Å². The van der Waals surface area contributed by atoms with Crippen LogP contribution in [0, 0.1) is 0 Å². The van der Waals surface area contributed by atoms with Gasteiger partial charge in [-0.05, 0) is 29.9 Å². The van der Waals surface area contributed by atoms with E-state index in [0.717, 1.165) is 16.9 Å². The molecular formula is C19H21N3O3S. The Hall–Kier alpha value is -2.67. The zero-order chi connectivity index (χ0) is 18.6. The number of nitrogens with zero attached hydrogens (tertiary/aromatic N) is 1. The number of carbonyl (C=O) groups excluding carboxylic acids is 3. The minimum atomic E-state index is -1.10. The van der Waals surface area contributed by atoms with Crippen molar-refractivity contribution < 1.29 is 14.4 Å². The van der Waals surface area contributed by atoms with E-state index >= 15 is 0 Å². The molecule has 1 atom stereocenters. The maximum atomic E-state index is 12.9. The Bertz CT molecular complexity index is 792. The molecule has 0 unspecified atom stereocenters. The Morgan fingerprint density at radius 1 is 1.19 bits per heavy atom. The van der Waals surface area contributed by atoms with Gasteiger partial charge in [-0.25, -0.2) is 4.79 Å². The van der Waals surface area contributed by atoms with Gasteiger partial charge in [0.25, 0.3) is 5.91 Å². The van der Waals surface area contributed by atoms with Gasteiger partial charge < -0.3 is 10.6 Å². The van der Waals surface area contributed by atoms with E-state index in [1.807, 2.05) is 54.8 Å². The molecule has 4 amide bonds. The summed E-state index contributed by atoms with van der Waals surface area (Å²) in [6.45, 7) is 2.04. The summed E-state index contributed by atoms with van der Waals surface area (Å²) in [7, 11) is 0. The van der Waals surface area contributed by atoms with Gasteiger partial charge in [-0.1, -0.05) is 43.3 Å². The fourth-order valence-corrected chi connectivity index (χ4v) is 3.82. The van der Waals surface area contributed by atoms with Crippen LogP contribution in [0.2, 0.25) is 0 Å². The van der Waals surface area contributed by atoms with Gasteiger partial charge in [0.15, 0.2) is 0 Å². The van der Waals surface area contributed by atoms with Crippen LogP contribution in [0.1, 0.15) is 23.8 Å². The third kappa shape index (κ3) is 3.48. The topological polar surface area (TPSA) is 78.5 Å². The second kappa shape index (κ2) is 7.70. The molecule has 1 fully saturated rings. The highest BCUT2D eigenvalue weighted by atomic mass is 32.1. The standard InChI is InChI=1S/C19H21N3O3S/c1-2-19(14-7-4-3-5-8-14)17(24)22(18(25)21-19)13-16(23)20-11-10-15-9-6-12-26-15/h3-9,12H,2,10-11,13H2,1H3,(H,20,23)(H,21,25)/t19-/m0/s1. The minimum absolute atomic E-state index is 0.274. The molecule has 1 aromatic heterocycles. The van der Waals surface area contributed by atoms with Crippen LogP contribution >= 0.6 is 11.3 Å². The van der Waals surface area contributed by atoms with Crippen LogP contribution in [-0.4, -0.2) is 35.8 Å². The van der Waals surface area contributed by atoms with Gasteiger partial charge in [-0.2, -0.15) is 0 Å². The maximum Gasteiger partial charge on any atom is 0.325 e. The van der Waals surface area contributed by atoms with Gasteiger partial charge >= 0.3 is 6.03 Å². The maximum absolute atomic E-state index is 12.9. The van der Waals surface area contributed by atoms with Gasteiger partial charge in [0, 0.05) is 11.4 Å². The van der Waals surface area contributed by atoms with Crippen LogP contribution in [-0.2, 0) is 21.5 Å². The van der Waals surface area contributed by atoms with Crippen molar-refractivity contribution in [1.29, 1.82) is 0 Å². The summed E-state index contributed by atoms with van der Waals surface area (Å²) in [6.07, 6.45) is 1.14. The Morgan fingerprint density at radius 3 is 2.62 bits per heavy atom. The second-order valence-electron chi connectivity index (χ2n) is 6.13. The van der Waals surface area contributed by atoms with E-state index < -0.39 is 11.6 Å². The smallest absolute Gasteiger partial charge is 0.325 e. The van der Waals surface area contributed by atoms with Crippen LogP contribution in [0.15, 0.2) is 47.8 Å². The van der Waals surface area contributed by atoms with Crippen LogP contribution < -0.4 is 10.6 Å². The van der Waals surface area contributed by atoms with Gasteiger partial charge in [0.05, 0.1) is 0 Å². The average Bonchev–Trinajstić information content (AvgIpc) is 3.25. The highest BCUT2D eigenvalue weighted by molar-refractivity contribution is 7.09. The predicted octanol–water partition coefficient (Wildman–Crippen LogP) is 2.26. The van der Waals surface area contributed by atoms with E-state index in [-0.39, 0.29) is 18.4 Å². The highest BCUT2D eigenvalue weighted by Crippen LogP contribution is 2.32. The molecule has 2 heterocycles. The number of hydrogen-bond donors (Lipinski definition) is 2. The van der Waals surface area contributed by atoms with Crippen LogP contribution in [0.5, 0.6) is 0 Å². The molecule has 6 nitrogen and oxygen atoms in total. The normalized spacial score (nSPS) is 19.5. The molecule has 136 valence electrons. The third-order valence-corrected chi connectivity index (χ3v) is 5.48. The fraction of sp³-hybridized carbons (Fsp3) is 0.316. The molecule has 2 aromatic rings. The Balaban J connectivity index is 1.64. The van der Waals surface area contributed by atoms with E-state index in [9.17, 15) is 14.4 Å². The summed E-state index contributed by atoms with van der Waals surface area (Å²) in [6, 6.07) is 12.6. The van der Waals surface area contributed by atoms with E-state index in [0.29, 0.717) is 13.0 Å². The van der Waals surface area contributed by atoms with E-state index in [1.54, 1.807) is 11.3 Å². The highest BCUT2D eigenvalue weighted by Gasteiger charge is 2.51. The van der Waals surface area contributed by atoms with Crippen molar-refractivity contribution >= 4 is 29.2 Å². The lowest BCUT2D eigenvalue weighted by molar-refractivity contribution is -0.135. The Morgan fingerprint density at radius 2 is 1.96 bits per heavy atom. The third-order valence-electron chi connectivity index (χ3n) is 4.55. The molecule has 0 bridgehead atoms. The summed E-state index contributed by atoms with van der Waals surface area (Å²) in [5, 5.41) is 7.53. The minimum Gasteiger partial charge on any atom is -0.354 e. The van der Waals surface area contributed by atoms with Crippen molar-refractivity contribution in [3.8, 4) is 0 Å². The number of amides is 4. The number of benzene rings is 1. The number of carbonyl (C=O) groups is 3. The van der Waals surface area contributed by atoms with Gasteiger partial charge in [0.2, 0.25) is 5.91 Å². The monoisotopic (exact) mass is 371 g/mol. The van der Waals surface area contributed by atoms with Crippen molar-refractivity contribution in [3.05, 3.63) is 58.3 Å². The van der Waals surface area contributed by atoms with Crippen LogP contribution in [0.25, 0.3) is 0 Å². The first-order chi connectivity index (χ1) is 12.6. The number of hydrogen-bond acceptors (Lipinski definition) is 4. The van der Waals surface area contributed by atoms with Crippen molar-refractivity contribution in [2.75, 3.05) is 13.1 Å². The fourth-order valence-electron chi connectivity index (χ4n) is 3.11. The zero-order valence-corrected chi connectivity index (χ0v) is 15.3. The molecular weight excluding hydrogens is 350 g/mol. The first-order valence-electron chi connectivity index (χ1n) is 8.55. The second-order valence-corrected chi connectivity index (χ2v) is 7.16. The van der Waals surface area contributed by atoms with Gasteiger partial charge in [-0.15, -0.1) is 11.3 Å². The number of imide groups is 1. The van der Waals surface area contributed by atoms with E-state index in [1.165, 1.54) is 4.88 Å². The Labute approximate surface area is 156 Å². The van der Waals surface area contributed by atoms with Gasteiger partial charge in [0.1, 0.15) is 12.1 Å². The van der Waals surface area contributed by atoms with E-state index in [4.69, 9.17) is 0 Å². The molecule has 1 saturated heterocycles. The lowest BCUT2D eigenvalue weighted by atomic mass is 9.87. The molecule has 0 saturated carbocycles. The molecule has 26 heavy (non-hydrogen) atoms. The summed E-state index contributed by atoms with van der Waals surface area (Å²) in [5.41, 5.74) is -0.378. The van der Waals surface area contributed by atoms with Crippen molar-refractivity contribution in [2.45, 2.75) is 25.3 Å². The summed E-state index contributed by atoms with van der Waals surface area (Å²) >= 11 is 1.63. The largest absolute Gasteiger partial charge is 0.354 e. The quantitative estimate of drug-likeness (QED) is 0.733. The molecule has 0 aliphatic carbocycles. The molecule has 1 aliphatic rings. The SMILES string of the molecule is CC[C@@]1(c2ccccc2)NC(=O)N(CC(=O)NCCc2cccs2)C1=O. The Kier molecular flexibility index (Phi) is 5.37. The van der Waals surface area contributed by atoms with Crippen molar-refractivity contribution in [1.82, 2.24) is 15.5 Å². The molecule has 3 rings (SSSR count). The van der Waals surface area contributed by atoms with E-state index in [2.05, 4.69) is 10.6 Å². The lowest BCUT2D eigenvalue weighted by Crippen LogP contribution is -2.45. The predicted molar refractivity (Wildman–Crippen MR) is 99.7 cm³/mol. The first-order valence-corrected chi connectivity index (χ1v) is 9.43. The summed E-state index contributed by atoms with van der Waals surface area (Å²) in [4.78, 5) is 39.6. The van der Waals surface area contributed by atoms with Crippen LogP contribution in [0.3, 0.4) is 0 Å². The number of thiophene rings is 1. The number of nitrogens with one attached hydrogen (secondary N) is 2. The van der Waals surface area contributed by atoms with Gasteiger partial charge in [-0.3, -0.25) is 14.5 Å². The lowest BCUT2D eigenvalue weighted by Gasteiger charge is -2.25. The number of urea groups is 1. The molecule has 2 N–H and O–H groups in total. The number of rotatable bonds is 7. The molecule has 7 heteroatoms.